The van der Waals surface area contributed by atoms with Gasteiger partial charge in [0.15, 0.2) is 5.78 Å². The van der Waals surface area contributed by atoms with Crippen molar-refractivity contribution in [3.05, 3.63) is 58.1 Å². The Hall–Kier alpha value is -1.62. The minimum Gasteiger partial charge on any atom is -0.294 e. The van der Waals surface area contributed by atoms with Crippen LogP contribution in [0.1, 0.15) is 15.9 Å². The maximum absolute atomic E-state index is 13.5. The Kier molecular flexibility index (Phi) is 3.58. The van der Waals surface area contributed by atoms with E-state index >= 15 is 0 Å². The van der Waals surface area contributed by atoms with Crippen LogP contribution in [0.15, 0.2) is 41.1 Å². The third kappa shape index (κ3) is 2.94. The number of carbonyl (C=O) groups is 1. The molecule has 5 heteroatoms. The van der Waals surface area contributed by atoms with Crippen molar-refractivity contribution in [3.8, 4) is 0 Å². The highest BCUT2D eigenvalue weighted by atomic mass is 79.9. The monoisotopic (exact) mass is 294 g/mol. The van der Waals surface area contributed by atoms with E-state index in [-0.39, 0.29) is 12.2 Å². The Morgan fingerprint density at radius 2 is 2.12 bits per heavy atom. The molecule has 86 valence electrons. The Labute approximate surface area is 106 Å². The van der Waals surface area contributed by atoms with E-state index in [1.807, 2.05) is 0 Å². The second kappa shape index (κ2) is 5.14. The number of nitrogens with zero attached hydrogens (tertiary/aromatic N) is 2. The molecule has 0 amide bonds. The van der Waals surface area contributed by atoms with Crippen LogP contribution in [0.2, 0.25) is 0 Å². The molecule has 17 heavy (non-hydrogen) atoms. The van der Waals surface area contributed by atoms with Crippen molar-refractivity contribution in [1.82, 2.24) is 10.2 Å². The van der Waals surface area contributed by atoms with E-state index in [0.29, 0.717) is 15.6 Å². The Balaban J connectivity index is 2.19. The number of hydrogen-bond donors (Lipinski definition) is 0. The van der Waals surface area contributed by atoms with Gasteiger partial charge in [0.1, 0.15) is 5.82 Å². The van der Waals surface area contributed by atoms with E-state index in [4.69, 9.17) is 0 Å². The summed E-state index contributed by atoms with van der Waals surface area (Å²) in [7, 11) is 0. The van der Waals surface area contributed by atoms with Crippen molar-refractivity contribution in [1.29, 1.82) is 0 Å². The molecule has 0 radical (unpaired) electrons. The van der Waals surface area contributed by atoms with Gasteiger partial charge < -0.3 is 0 Å². The van der Waals surface area contributed by atoms with Gasteiger partial charge in [-0.05, 0) is 23.8 Å². The highest BCUT2D eigenvalue weighted by Gasteiger charge is 2.10. The zero-order valence-electron chi connectivity index (χ0n) is 8.73. The Morgan fingerprint density at radius 1 is 1.29 bits per heavy atom. The molecule has 0 aliphatic heterocycles. The summed E-state index contributed by atoms with van der Waals surface area (Å²) in [6, 6.07) is 6.20. The predicted octanol–water partition coefficient (Wildman–Crippen LogP) is 2.80. The lowest BCUT2D eigenvalue weighted by molar-refractivity contribution is 0.0991. The van der Waals surface area contributed by atoms with Crippen LogP contribution in [-0.2, 0) is 6.42 Å². The molecule has 0 saturated heterocycles. The molecule has 0 unspecified atom stereocenters. The first-order chi connectivity index (χ1) is 8.16. The minimum atomic E-state index is -0.394. The van der Waals surface area contributed by atoms with Gasteiger partial charge in [0, 0.05) is 16.5 Å². The number of Topliss-reactive ketones (excluding diaryl/α,β-unsaturated/α-hetero) is 1. The van der Waals surface area contributed by atoms with Crippen LogP contribution < -0.4 is 0 Å². The van der Waals surface area contributed by atoms with Gasteiger partial charge in [0.25, 0.3) is 0 Å². The predicted molar refractivity (Wildman–Crippen MR) is 64.2 cm³/mol. The largest absolute Gasteiger partial charge is 0.294 e. The van der Waals surface area contributed by atoms with Crippen molar-refractivity contribution in [3.63, 3.8) is 0 Å². The van der Waals surface area contributed by atoms with Gasteiger partial charge in [0.05, 0.1) is 12.4 Å². The number of benzene rings is 1. The third-order valence-corrected chi connectivity index (χ3v) is 2.77. The van der Waals surface area contributed by atoms with E-state index < -0.39 is 5.82 Å². The summed E-state index contributed by atoms with van der Waals surface area (Å²) >= 11 is 3.16. The third-order valence-electron chi connectivity index (χ3n) is 2.27. The maximum Gasteiger partial charge on any atom is 0.169 e. The van der Waals surface area contributed by atoms with E-state index in [9.17, 15) is 9.18 Å². The summed E-state index contributed by atoms with van der Waals surface area (Å²) in [5.41, 5.74) is 0.803. The first-order valence-electron chi connectivity index (χ1n) is 4.90. The normalized spacial score (nSPS) is 10.2. The van der Waals surface area contributed by atoms with Crippen LogP contribution >= 0.6 is 15.9 Å². The number of halogens is 2. The molecule has 0 aliphatic carbocycles. The minimum absolute atomic E-state index is 0.0187. The van der Waals surface area contributed by atoms with E-state index in [2.05, 4.69) is 26.1 Å². The molecule has 1 aromatic carbocycles. The van der Waals surface area contributed by atoms with E-state index in [0.717, 1.165) is 0 Å². The fourth-order valence-corrected chi connectivity index (χ4v) is 1.73. The summed E-state index contributed by atoms with van der Waals surface area (Å²) in [4.78, 5) is 11.8. The van der Waals surface area contributed by atoms with E-state index in [1.54, 1.807) is 18.2 Å². The van der Waals surface area contributed by atoms with Crippen molar-refractivity contribution in [2.24, 2.45) is 0 Å². The first kappa shape index (κ1) is 11.9. The molecular weight excluding hydrogens is 287 g/mol. The van der Waals surface area contributed by atoms with E-state index in [1.165, 1.54) is 18.5 Å². The van der Waals surface area contributed by atoms with Crippen LogP contribution in [-0.4, -0.2) is 16.0 Å². The second-order valence-electron chi connectivity index (χ2n) is 3.47. The summed E-state index contributed by atoms with van der Waals surface area (Å²) in [5.74, 6) is -0.573. The maximum atomic E-state index is 13.5. The smallest absolute Gasteiger partial charge is 0.169 e. The second-order valence-corrected chi connectivity index (χ2v) is 4.38. The SMILES string of the molecule is O=C(Cc1ccc(Br)cc1F)c1ccnnc1. The highest BCUT2D eigenvalue weighted by molar-refractivity contribution is 9.10. The highest BCUT2D eigenvalue weighted by Crippen LogP contribution is 2.16. The van der Waals surface area contributed by atoms with Crippen LogP contribution in [0.5, 0.6) is 0 Å². The van der Waals surface area contributed by atoms with Gasteiger partial charge in [-0.25, -0.2) is 4.39 Å². The standard InChI is InChI=1S/C12H8BrFN2O/c13-10-2-1-8(11(14)6-10)5-12(17)9-3-4-15-16-7-9/h1-4,6-7H,5H2. The Bertz CT molecular complexity index is 545. The molecule has 0 N–H and O–H groups in total. The molecule has 1 heterocycles. The van der Waals surface area contributed by atoms with Crippen molar-refractivity contribution < 1.29 is 9.18 Å². The van der Waals surface area contributed by atoms with Crippen LogP contribution in [0.4, 0.5) is 4.39 Å². The number of carbonyl (C=O) groups excluding carboxylic acids is 1. The Morgan fingerprint density at radius 3 is 2.76 bits per heavy atom. The van der Waals surface area contributed by atoms with Gasteiger partial charge in [-0.2, -0.15) is 10.2 Å². The van der Waals surface area contributed by atoms with Gasteiger partial charge in [-0.1, -0.05) is 22.0 Å². The molecule has 2 aromatic rings. The van der Waals surface area contributed by atoms with Crippen LogP contribution in [0.3, 0.4) is 0 Å². The molecule has 3 nitrogen and oxygen atoms in total. The van der Waals surface area contributed by atoms with Gasteiger partial charge in [0.2, 0.25) is 0 Å². The summed E-state index contributed by atoms with van der Waals surface area (Å²) in [5, 5.41) is 7.19. The zero-order chi connectivity index (χ0) is 12.3. The molecule has 0 saturated carbocycles. The fourth-order valence-electron chi connectivity index (χ4n) is 1.40. The average Bonchev–Trinajstić information content (AvgIpc) is 2.34. The molecule has 2 rings (SSSR count). The quantitative estimate of drug-likeness (QED) is 0.818. The first-order valence-corrected chi connectivity index (χ1v) is 5.70. The molecular formula is C12H8BrFN2O. The lowest BCUT2D eigenvalue weighted by Crippen LogP contribution is -2.05. The van der Waals surface area contributed by atoms with Crippen molar-refractivity contribution in [2.75, 3.05) is 0 Å². The summed E-state index contributed by atoms with van der Waals surface area (Å²) in [6.45, 7) is 0. The molecule has 0 atom stereocenters. The molecule has 0 fully saturated rings. The lowest BCUT2D eigenvalue weighted by atomic mass is 10.0. The van der Waals surface area contributed by atoms with Crippen molar-refractivity contribution >= 4 is 21.7 Å². The fraction of sp³-hybridized carbons (Fsp3) is 0.0833. The van der Waals surface area contributed by atoms with Gasteiger partial charge in [-0.3, -0.25) is 4.79 Å². The summed E-state index contributed by atoms with van der Waals surface area (Å²) < 4.78 is 14.2. The van der Waals surface area contributed by atoms with Crippen LogP contribution in [0.25, 0.3) is 0 Å². The molecule has 0 bridgehead atoms. The molecule has 0 spiro atoms. The average molecular weight is 295 g/mol. The van der Waals surface area contributed by atoms with Crippen LogP contribution in [0, 0.1) is 5.82 Å². The molecule has 0 aliphatic rings. The number of rotatable bonds is 3. The van der Waals surface area contributed by atoms with Gasteiger partial charge >= 0.3 is 0 Å². The topological polar surface area (TPSA) is 42.9 Å². The van der Waals surface area contributed by atoms with Gasteiger partial charge in [-0.15, -0.1) is 0 Å². The van der Waals surface area contributed by atoms with Crippen molar-refractivity contribution in [2.45, 2.75) is 6.42 Å². The number of ketones is 1. The zero-order valence-corrected chi connectivity index (χ0v) is 10.3. The summed E-state index contributed by atoms with van der Waals surface area (Å²) in [6.07, 6.45) is 2.83. The number of hydrogen-bond acceptors (Lipinski definition) is 3. The molecule has 1 aromatic heterocycles. The lowest BCUT2D eigenvalue weighted by Gasteiger charge is -2.03. The number of aromatic nitrogens is 2.